The Labute approximate surface area is 92.3 Å². The van der Waals surface area contributed by atoms with Crippen molar-refractivity contribution in [1.29, 1.82) is 0 Å². The van der Waals surface area contributed by atoms with Gasteiger partial charge in [-0.05, 0) is 30.6 Å². The maximum atomic E-state index is 11.4. The fraction of sp³-hybridized carbons (Fsp3) is 0.917. The molecular formula is C12H23NO2. The van der Waals surface area contributed by atoms with E-state index in [1.54, 1.807) is 0 Å². The number of hydrogen-bond acceptors (Lipinski definition) is 2. The first-order valence-electron chi connectivity index (χ1n) is 6.01. The Hall–Kier alpha value is -0.570. The first-order chi connectivity index (χ1) is 7.13. The van der Waals surface area contributed by atoms with E-state index >= 15 is 0 Å². The van der Waals surface area contributed by atoms with Gasteiger partial charge in [-0.15, -0.1) is 0 Å². The van der Waals surface area contributed by atoms with Crippen molar-refractivity contribution >= 4 is 5.91 Å². The highest BCUT2D eigenvalue weighted by atomic mass is 16.3. The van der Waals surface area contributed by atoms with E-state index in [-0.39, 0.29) is 12.5 Å². The second-order valence-electron chi connectivity index (χ2n) is 5.04. The van der Waals surface area contributed by atoms with E-state index in [9.17, 15) is 4.79 Å². The molecule has 0 aromatic heterocycles. The van der Waals surface area contributed by atoms with Crippen molar-refractivity contribution in [2.24, 2.45) is 17.8 Å². The van der Waals surface area contributed by atoms with Crippen molar-refractivity contribution in [3.8, 4) is 0 Å². The molecule has 0 saturated heterocycles. The summed E-state index contributed by atoms with van der Waals surface area (Å²) >= 11 is 0. The van der Waals surface area contributed by atoms with Crippen LogP contribution in [0, 0.1) is 17.8 Å². The smallest absolute Gasteiger partial charge is 0.220 e. The molecule has 1 aliphatic carbocycles. The van der Waals surface area contributed by atoms with Crippen LogP contribution in [0.2, 0.25) is 0 Å². The maximum absolute atomic E-state index is 11.4. The van der Waals surface area contributed by atoms with Crippen LogP contribution in [0.15, 0.2) is 0 Å². The molecule has 1 fully saturated rings. The SMILES string of the molecule is CC(C)CC(=O)NCC1CCCC1CO. The normalized spacial score (nSPS) is 25.9. The van der Waals surface area contributed by atoms with E-state index in [1.807, 2.05) is 13.8 Å². The highest BCUT2D eigenvalue weighted by Crippen LogP contribution is 2.30. The van der Waals surface area contributed by atoms with Crippen LogP contribution in [-0.2, 0) is 4.79 Å². The third-order valence-corrected chi connectivity index (χ3v) is 3.21. The first kappa shape index (κ1) is 12.5. The molecule has 0 radical (unpaired) electrons. The number of amides is 1. The van der Waals surface area contributed by atoms with Gasteiger partial charge in [0.15, 0.2) is 0 Å². The van der Waals surface area contributed by atoms with Crippen LogP contribution in [-0.4, -0.2) is 24.2 Å². The number of hydrogen-bond donors (Lipinski definition) is 2. The minimum Gasteiger partial charge on any atom is -0.396 e. The van der Waals surface area contributed by atoms with Crippen LogP contribution in [0.5, 0.6) is 0 Å². The summed E-state index contributed by atoms with van der Waals surface area (Å²) in [5, 5.41) is 12.1. The molecule has 15 heavy (non-hydrogen) atoms. The predicted molar refractivity (Wildman–Crippen MR) is 60.4 cm³/mol. The van der Waals surface area contributed by atoms with Crippen molar-refractivity contribution < 1.29 is 9.90 Å². The summed E-state index contributed by atoms with van der Waals surface area (Å²) in [6, 6.07) is 0. The van der Waals surface area contributed by atoms with E-state index in [0.717, 1.165) is 19.4 Å². The lowest BCUT2D eigenvalue weighted by atomic mass is 9.97. The Morgan fingerprint density at radius 2 is 2.07 bits per heavy atom. The summed E-state index contributed by atoms with van der Waals surface area (Å²) in [6.07, 6.45) is 4.06. The lowest BCUT2D eigenvalue weighted by Gasteiger charge is -2.18. The zero-order chi connectivity index (χ0) is 11.3. The van der Waals surface area contributed by atoms with Crippen molar-refractivity contribution in [3.05, 3.63) is 0 Å². The molecule has 0 spiro atoms. The molecule has 1 rings (SSSR count). The Balaban J connectivity index is 2.21. The molecule has 88 valence electrons. The minimum absolute atomic E-state index is 0.147. The summed E-state index contributed by atoms with van der Waals surface area (Å²) < 4.78 is 0. The summed E-state index contributed by atoms with van der Waals surface area (Å²) in [4.78, 5) is 11.4. The molecule has 3 heteroatoms. The predicted octanol–water partition coefficient (Wildman–Crippen LogP) is 1.56. The van der Waals surface area contributed by atoms with Crippen molar-refractivity contribution in [2.75, 3.05) is 13.2 Å². The molecule has 0 aromatic carbocycles. The van der Waals surface area contributed by atoms with Gasteiger partial charge in [0.1, 0.15) is 0 Å². The molecule has 0 bridgehead atoms. The molecule has 0 aromatic rings. The number of carbonyl (C=O) groups excluding carboxylic acids is 1. The molecule has 2 N–H and O–H groups in total. The van der Waals surface area contributed by atoms with Crippen LogP contribution in [0.3, 0.4) is 0 Å². The largest absolute Gasteiger partial charge is 0.396 e. The van der Waals surface area contributed by atoms with Gasteiger partial charge in [0.2, 0.25) is 5.91 Å². The molecular weight excluding hydrogens is 190 g/mol. The van der Waals surface area contributed by atoms with E-state index in [1.165, 1.54) is 6.42 Å². The number of nitrogens with one attached hydrogen (secondary N) is 1. The zero-order valence-electron chi connectivity index (χ0n) is 9.83. The quantitative estimate of drug-likeness (QED) is 0.728. The van der Waals surface area contributed by atoms with E-state index in [0.29, 0.717) is 24.2 Å². The Morgan fingerprint density at radius 1 is 1.40 bits per heavy atom. The average molecular weight is 213 g/mol. The molecule has 1 saturated carbocycles. The molecule has 2 unspecified atom stereocenters. The molecule has 1 amide bonds. The van der Waals surface area contributed by atoms with Gasteiger partial charge < -0.3 is 10.4 Å². The van der Waals surface area contributed by atoms with Crippen molar-refractivity contribution in [1.82, 2.24) is 5.32 Å². The molecule has 1 aliphatic rings. The van der Waals surface area contributed by atoms with E-state index < -0.39 is 0 Å². The standard InChI is InChI=1S/C12H23NO2/c1-9(2)6-12(15)13-7-10-4-3-5-11(10)8-14/h9-11,14H,3-8H2,1-2H3,(H,13,15). The lowest BCUT2D eigenvalue weighted by Crippen LogP contribution is -2.32. The highest BCUT2D eigenvalue weighted by Gasteiger charge is 2.26. The molecule has 0 heterocycles. The fourth-order valence-corrected chi connectivity index (χ4v) is 2.31. The van der Waals surface area contributed by atoms with Crippen LogP contribution < -0.4 is 5.32 Å². The Kier molecular flexibility index (Phi) is 5.09. The van der Waals surface area contributed by atoms with Crippen LogP contribution in [0.1, 0.15) is 39.5 Å². The van der Waals surface area contributed by atoms with Gasteiger partial charge in [-0.2, -0.15) is 0 Å². The summed E-state index contributed by atoms with van der Waals surface area (Å²) in [5.74, 6) is 1.46. The van der Waals surface area contributed by atoms with Crippen LogP contribution in [0.25, 0.3) is 0 Å². The summed E-state index contributed by atoms with van der Waals surface area (Å²) in [7, 11) is 0. The Bertz CT molecular complexity index is 204. The van der Waals surface area contributed by atoms with Crippen molar-refractivity contribution in [3.63, 3.8) is 0 Å². The highest BCUT2D eigenvalue weighted by molar-refractivity contribution is 5.76. The van der Waals surface area contributed by atoms with Crippen LogP contribution in [0.4, 0.5) is 0 Å². The van der Waals surface area contributed by atoms with Gasteiger partial charge in [0.25, 0.3) is 0 Å². The third kappa shape index (κ3) is 4.20. The number of aliphatic hydroxyl groups excluding tert-OH is 1. The van der Waals surface area contributed by atoms with E-state index in [4.69, 9.17) is 5.11 Å². The fourth-order valence-electron chi connectivity index (χ4n) is 2.31. The lowest BCUT2D eigenvalue weighted by molar-refractivity contribution is -0.122. The van der Waals surface area contributed by atoms with Gasteiger partial charge in [-0.1, -0.05) is 20.3 Å². The monoisotopic (exact) mass is 213 g/mol. The number of aliphatic hydroxyl groups is 1. The molecule has 2 atom stereocenters. The van der Waals surface area contributed by atoms with Gasteiger partial charge in [-0.3, -0.25) is 4.79 Å². The third-order valence-electron chi connectivity index (χ3n) is 3.21. The summed E-state index contributed by atoms with van der Waals surface area (Å²) in [6.45, 7) is 5.11. The zero-order valence-corrected chi connectivity index (χ0v) is 9.83. The van der Waals surface area contributed by atoms with Gasteiger partial charge in [-0.25, -0.2) is 0 Å². The van der Waals surface area contributed by atoms with Gasteiger partial charge >= 0.3 is 0 Å². The van der Waals surface area contributed by atoms with Gasteiger partial charge in [0.05, 0.1) is 0 Å². The second kappa shape index (κ2) is 6.11. The van der Waals surface area contributed by atoms with E-state index in [2.05, 4.69) is 5.32 Å². The summed E-state index contributed by atoms with van der Waals surface area (Å²) in [5.41, 5.74) is 0. The van der Waals surface area contributed by atoms with Crippen LogP contribution >= 0.6 is 0 Å². The number of carbonyl (C=O) groups is 1. The van der Waals surface area contributed by atoms with Crippen molar-refractivity contribution in [2.45, 2.75) is 39.5 Å². The molecule has 0 aliphatic heterocycles. The topological polar surface area (TPSA) is 49.3 Å². The first-order valence-corrected chi connectivity index (χ1v) is 6.01. The molecule has 3 nitrogen and oxygen atoms in total. The average Bonchev–Trinajstić information content (AvgIpc) is 2.60. The second-order valence-corrected chi connectivity index (χ2v) is 5.04. The van der Waals surface area contributed by atoms with Gasteiger partial charge in [0, 0.05) is 19.6 Å². The maximum Gasteiger partial charge on any atom is 0.220 e. The Morgan fingerprint density at radius 3 is 2.67 bits per heavy atom. The number of rotatable bonds is 5. The minimum atomic E-state index is 0.147.